The summed E-state index contributed by atoms with van der Waals surface area (Å²) in [5.74, 6) is 0. The van der Waals surface area contributed by atoms with Crippen LogP contribution < -0.4 is 0 Å². The van der Waals surface area contributed by atoms with E-state index in [1.807, 2.05) is 0 Å². The van der Waals surface area contributed by atoms with E-state index in [-0.39, 0.29) is 26.2 Å². The van der Waals surface area contributed by atoms with E-state index in [0.29, 0.717) is 0 Å². The molecule has 0 N–H and O–H groups in total. The van der Waals surface area contributed by atoms with Gasteiger partial charge in [0.25, 0.3) is 0 Å². The van der Waals surface area contributed by atoms with Crippen LogP contribution in [0.1, 0.15) is 0 Å². The molecule has 66 valence electrons. The van der Waals surface area contributed by atoms with Gasteiger partial charge >= 0.3 is 0 Å². The molecule has 1 heteroatoms. The zero-order valence-electron chi connectivity index (χ0n) is 7.70. The average molecular weight is 256 g/mol. The Balaban J connectivity index is 0.000000750. The largest absolute Gasteiger partial charge is 0.168 e. The first-order valence-electron chi connectivity index (χ1n) is 4.48. The minimum Gasteiger partial charge on any atom is -0.168 e. The Kier molecular flexibility index (Phi) is 2.61. The summed E-state index contributed by atoms with van der Waals surface area (Å²) in [6.45, 7) is 0. The van der Waals surface area contributed by atoms with Crippen molar-refractivity contribution in [2.24, 2.45) is 0 Å². The SMILES string of the molecule is [Zr].c1ccc2c(c1)ccc1[cH-]ccc12. The zero-order chi connectivity index (χ0) is 8.67. The van der Waals surface area contributed by atoms with Gasteiger partial charge in [0.2, 0.25) is 0 Å². The molecule has 0 aliphatic carbocycles. The summed E-state index contributed by atoms with van der Waals surface area (Å²) in [6, 6.07) is 19.3. The Morgan fingerprint density at radius 3 is 2.57 bits per heavy atom. The number of hydrogen-bond donors (Lipinski definition) is 0. The molecule has 0 bridgehead atoms. The predicted octanol–water partition coefficient (Wildman–Crippen LogP) is 3.71. The number of benzene rings is 2. The molecular weight excluding hydrogens is 247 g/mol. The summed E-state index contributed by atoms with van der Waals surface area (Å²) in [5.41, 5.74) is 0. The van der Waals surface area contributed by atoms with Gasteiger partial charge in [-0.3, -0.25) is 0 Å². The Hall–Kier alpha value is -0.807. The molecule has 0 heterocycles. The number of rotatable bonds is 0. The van der Waals surface area contributed by atoms with Crippen LogP contribution in [0.2, 0.25) is 0 Å². The molecule has 0 unspecified atom stereocenters. The molecule has 0 nitrogen and oxygen atoms in total. The van der Waals surface area contributed by atoms with Crippen LogP contribution in [0.15, 0.2) is 54.6 Å². The van der Waals surface area contributed by atoms with Crippen molar-refractivity contribution < 1.29 is 26.2 Å². The van der Waals surface area contributed by atoms with Gasteiger partial charge in [-0.2, -0.15) is 12.1 Å². The quantitative estimate of drug-likeness (QED) is 0.538. The summed E-state index contributed by atoms with van der Waals surface area (Å²) in [5, 5.41) is 5.36. The second-order valence-electron chi connectivity index (χ2n) is 3.32. The molecule has 0 aliphatic heterocycles. The standard InChI is InChI=1S/C13H9.Zr/c1-2-6-12-10(4-1)8-9-11-5-3-7-13(11)12;/h1-9H;/q-1;. The molecular formula is C13H9Zr-. The Labute approximate surface area is 102 Å². The summed E-state index contributed by atoms with van der Waals surface area (Å²) < 4.78 is 0. The van der Waals surface area contributed by atoms with Gasteiger partial charge in [0.1, 0.15) is 0 Å². The zero-order valence-corrected chi connectivity index (χ0v) is 10.2. The second kappa shape index (κ2) is 3.75. The van der Waals surface area contributed by atoms with Crippen LogP contribution in [0, 0.1) is 0 Å². The maximum absolute atomic E-state index is 2.18. The van der Waals surface area contributed by atoms with Gasteiger partial charge in [-0.05, 0) is 5.39 Å². The fourth-order valence-corrected chi connectivity index (χ4v) is 1.89. The molecule has 0 radical (unpaired) electrons. The first-order chi connectivity index (χ1) is 6.45. The van der Waals surface area contributed by atoms with E-state index in [9.17, 15) is 0 Å². The maximum Gasteiger partial charge on any atom is 0 e. The van der Waals surface area contributed by atoms with Gasteiger partial charge in [0.15, 0.2) is 0 Å². The van der Waals surface area contributed by atoms with Crippen molar-refractivity contribution in [3.05, 3.63) is 54.6 Å². The summed E-state index contributed by atoms with van der Waals surface area (Å²) in [4.78, 5) is 0. The van der Waals surface area contributed by atoms with Crippen LogP contribution in [0.25, 0.3) is 21.5 Å². The minimum atomic E-state index is 0. The van der Waals surface area contributed by atoms with Gasteiger partial charge in [-0.1, -0.05) is 35.7 Å². The van der Waals surface area contributed by atoms with E-state index < -0.39 is 0 Å². The maximum atomic E-state index is 2.18. The van der Waals surface area contributed by atoms with Crippen LogP contribution in [0.3, 0.4) is 0 Å². The third-order valence-electron chi connectivity index (χ3n) is 2.54. The van der Waals surface area contributed by atoms with Gasteiger partial charge in [0.05, 0.1) is 0 Å². The van der Waals surface area contributed by atoms with Gasteiger partial charge in [-0.25, -0.2) is 0 Å². The van der Waals surface area contributed by atoms with Crippen LogP contribution in [0.4, 0.5) is 0 Å². The molecule has 3 rings (SSSR count). The van der Waals surface area contributed by atoms with E-state index >= 15 is 0 Å². The van der Waals surface area contributed by atoms with Gasteiger partial charge in [-0.15, -0.1) is 22.9 Å². The van der Waals surface area contributed by atoms with Crippen molar-refractivity contribution in [2.75, 3.05) is 0 Å². The van der Waals surface area contributed by atoms with Crippen molar-refractivity contribution in [1.82, 2.24) is 0 Å². The van der Waals surface area contributed by atoms with Gasteiger partial charge < -0.3 is 0 Å². The van der Waals surface area contributed by atoms with Crippen molar-refractivity contribution >= 4 is 21.5 Å². The third kappa shape index (κ3) is 1.36. The predicted molar refractivity (Wildman–Crippen MR) is 57.0 cm³/mol. The fourth-order valence-electron chi connectivity index (χ4n) is 1.89. The third-order valence-corrected chi connectivity index (χ3v) is 2.54. The molecule has 0 atom stereocenters. The summed E-state index contributed by atoms with van der Waals surface area (Å²) in [6.07, 6.45) is 0. The van der Waals surface area contributed by atoms with E-state index in [1.165, 1.54) is 21.5 Å². The molecule has 0 saturated carbocycles. The van der Waals surface area contributed by atoms with Crippen molar-refractivity contribution in [3.8, 4) is 0 Å². The minimum absolute atomic E-state index is 0. The Morgan fingerprint density at radius 1 is 0.786 bits per heavy atom. The molecule has 0 saturated heterocycles. The Morgan fingerprint density at radius 2 is 1.64 bits per heavy atom. The molecule has 0 aliphatic rings. The molecule has 0 fully saturated rings. The van der Waals surface area contributed by atoms with E-state index in [0.717, 1.165) is 0 Å². The van der Waals surface area contributed by atoms with Gasteiger partial charge in [0, 0.05) is 26.2 Å². The Bertz CT molecular complexity index is 563. The van der Waals surface area contributed by atoms with E-state index in [4.69, 9.17) is 0 Å². The number of fused-ring (bicyclic) bond motifs is 3. The molecule has 3 aromatic carbocycles. The summed E-state index contributed by atoms with van der Waals surface area (Å²) >= 11 is 0. The van der Waals surface area contributed by atoms with E-state index in [2.05, 4.69) is 54.6 Å². The first kappa shape index (κ1) is 9.74. The second-order valence-corrected chi connectivity index (χ2v) is 3.32. The molecule has 0 spiro atoms. The van der Waals surface area contributed by atoms with Crippen LogP contribution in [-0.4, -0.2) is 0 Å². The molecule has 0 aromatic heterocycles. The summed E-state index contributed by atoms with van der Waals surface area (Å²) in [7, 11) is 0. The fraction of sp³-hybridized carbons (Fsp3) is 0. The number of hydrogen-bond acceptors (Lipinski definition) is 0. The van der Waals surface area contributed by atoms with Crippen molar-refractivity contribution in [3.63, 3.8) is 0 Å². The molecule has 3 aromatic rings. The monoisotopic (exact) mass is 255 g/mol. The van der Waals surface area contributed by atoms with Crippen LogP contribution >= 0.6 is 0 Å². The molecule has 14 heavy (non-hydrogen) atoms. The van der Waals surface area contributed by atoms with Crippen LogP contribution in [0.5, 0.6) is 0 Å². The van der Waals surface area contributed by atoms with Crippen LogP contribution in [-0.2, 0) is 26.2 Å². The smallest absolute Gasteiger partial charge is 0 e. The van der Waals surface area contributed by atoms with Crippen molar-refractivity contribution in [2.45, 2.75) is 0 Å². The van der Waals surface area contributed by atoms with Crippen molar-refractivity contribution in [1.29, 1.82) is 0 Å². The normalized spacial score (nSPS) is 10.3. The first-order valence-corrected chi connectivity index (χ1v) is 4.48. The molecule has 0 amide bonds. The average Bonchev–Trinajstić information content (AvgIpc) is 2.65. The van der Waals surface area contributed by atoms with E-state index in [1.54, 1.807) is 0 Å². The topological polar surface area (TPSA) is 0 Å².